The van der Waals surface area contributed by atoms with Crippen molar-refractivity contribution in [2.45, 2.75) is 6.54 Å². The molecule has 0 radical (unpaired) electrons. The van der Waals surface area contributed by atoms with Crippen LogP contribution in [0.2, 0.25) is 10.0 Å². The Morgan fingerprint density at radius 2 is 1.84 bits per heavy atom. The molecule has 0 aliphatic rings. The van der Waals surface area contributed by atoms with Gasteiger partial charge in [-0.1, -0.05) is 23.2 Å². The Balaban J connectivity index is 1.70. The maximum atomic E-state index is 12.3. The second-order valence-corrected chi connectivity index (χ2v) is 5.90. The van der Waals surface area contributed by atoms with E-state index in [0.29, 0.717) is 22.3 Å². The summed E-state index contributed by atoms with van der Waals surface area (Å²) in [6.45, 7) is 0.383. The van der Waals surface area contributed by atoms with Crippen molar-refractivity contribution in [3.8, 4) is 0 Å². The van der Waals surface area contributed by atoms with Crippen LogP contribution in [-0.2, 0) is 6.54 Å². The Labute approximate surface area is 154 Å². The molecule has 2 N–H and O–H groups in total. The SMILES string of the molecule is O=C(NCc1ccncc1)c1ccnc(Nc2cc(Cl)ccc2Cl)n1. The highest BCUT2D eigenvalue weighted by atomic mass is 35.5. The summed E-state index contributed by atoms with van der Waals surface area (Å²) in [5.41, 5.74) is 1.75. The van der Waals surface area contributed by atoms with Gasteiger partial charge in [-0.05, 0) is 42.0 Å². The van der Waals surface area contributed by atoms with Gasteiger partial charge in [-0.3, -0.25) is 9.78 Å². The maximum absolute atomic E-state index is 12.3. The zero-order valence-corrected chi connectivity index (χ0v) is 14.4. The molecule has 0 saturated heterocycles. The van der Waals surface area contributed by atoms with E-state index in [4.69, 9.17) is 23.2 Å². The lowest BCUT2D eigenvalue weighted by Crippen LogP contribution is -2.24. The number of carbonyl (C=O) groups is 1. The quantitative estimate of drug-likeness (QED) is 0.709. The van der Waals surface area contributed by atoms with Gasteiger partial charge < -0.3 is 10.6 Å². The van der Waals surface area contributed by atoms with E-state index in [1.54, 1.807) is 30.6 Å². The van der Waals surface area contributed by atoms with Crippen LogP contribution in [0.3, 0.4) is 0 Å². The molecular formula is C17H13Cl2N5O. The van der Waals surface area contributed by atoms with Crippen molar-refractivity contribution >= 4 is 40.7 Å². The molecule has 0 bridgehead atoms. The van der Waals surface area contributed by atoms with Crippen LogP contribution in [-0.4, -0.2) is 20.9 Å². The Kier molecular flexibility index (Phi) is 5.42. The summed E-state index contributed by atoms with van der Waals surface area (Å²) in [5.74, 6) is -0.0554. The van der Waals surface area contributed by atoms with Crippen molar-refractivity contribution < 1.29 is 4.79 Å². The van der Waals surface area contributed by atoms with E-state index in [1.807, 2.05) is 12.1 Å². The molecule has 0 unspecified atom stereocenters. The molecular weight excluding hydrogens is 361 g/mol. The monoisotopic (exact) mass is 373 g/mol. The Hall–Kier alpha value is -2.70. The predicted octanol–water partition coefficient (Wildman–Crippen LogP) is 3.85. The number of anilines is 2. The van der Waals surface area contributed by atoms with Crippen molar-refractivity contribution in [2.75, 3.05) is 5.32 Å². The largest absolute Gasteiger partial charge is 0.347 e. The van der Waals surface area contributed by atoms with Crippen molar-refractivity contribution in [1.29, 1.82) is 0 Å². The molecule has 0 aliphatic carbocycles. The van der Waals surface area contributed by atoms with Gasteiger partial charge >= 0.3 is 0 Å². The van der Waals surface area contributed by atoms with Crippen LogP contribution in [0.25, 0.3) is 0 Å². The number of carbonyl (C=O) groups excluding carboxylic acids is 1. The lowest BCUT2D eigenvalue weighted by atomic mass is 10.2. The number of hydrogen-bond acceptors (Lipinski definition) is 5. The third kappa shape index (κ3) is 4.65. The second-order valence-electron chi connectivity index (χ2n) is 5.05. The minimum Gasteiger partial charge on any atom is -0.347 e. The van der Waals surface area contributed by atoms with Gasteiger partial charge in [-0.2, -0.15) is 0 Å². The van der Waals surface area contributed by atoms with Gasteiger partial charge in [0.05, 0.1) is 10.7 Å². The fourth-order valence-corrected chi connectivity index (χ4v) is 2.37. The lowest BCUT2D eigenvalue weighted by Gasteiger charge is -2.09. The maximum Gasteiger partial charge on any atom is 0.270 e. The number of rotatable bonds is 5. The summed E-state index contributed by atoms with van der Waals surface area (Å²) in [5, 5.41) is 6.75. The van der Waals surface area contributed by atoms with E-state index in [0.717, 1.165) is 5.56 Å². The van der Waals surface area contributed by atoms with Crippen LogP contribution in [0, 0.1) is 0 Å². The van der Waals surface area contributed by atoms with Gasteiger partial charge in [-0.15, -0.1) is 0 Å². The summed E-state index contributed by atoms with van der Waals surface area (Å²) in [7, 11) is 0. The zero-order valence-electron chi connectivity index (χ0n) is 12.9. The smallest absolute Gasteiger partial charge is 0.270 e. The van der Waals surface area contributed by atoms with Gasteiger partial charge in [0.25, 0.3) is 5.91 Å². The molecule has 2 heterocycles. The van der Waals surface area contributed by atoms with Gasteiger partial charge in [0.15, 0.2) is 0 Å². The number of amides is 1. The van der Waals surface area contributed by atoms with Crippen LogP contribution < -0.4 is 10.6 Å². The Morgan fingerprint density at radius 3 is 2.64 bits per heavy atom. The lowest BCUT2D eigenvalue weighted by molar-refractivity contribution is 0.0946. The molecule has 0 spiro atoms. The first-order chi connectivity index (χ1) is 12.1. The summed E-state index contributed by atoms with van der Waals surface area (Å²) < 4.78 is 0. The summed E-state index contributed by atoms with van der Waals surface area (Å²) >= 11 is 12.1. The zero-order chi connectivity index (χ0) is 17.6. The molecule has 0 fully saturated rings. The van der Waals surface area contributed by atoms with Gasteiger partial charge in [0.1, 0.15) is 5.69 Å². The van der Waals surface area contributed by atoms with E-state index < -0.39 is 0 Å². The van der Waals surface area contributed by atoms with Crippen molar-refractivity contribution in [1.82, 2.24) is 20.3 Å². The topological polar surface area (TPSA) is 79.8 Å². The molecule has 1 aromatic carbocycles. The summed E-state index contributed by atoms with van der Waals surface area (Å²) in [6, 6.07) is 10.2. The average Bonchev–Trinajstić information content (AvgIpc) is 2.64. The summed E-state index contributed by atoms with van der Waals surface area (Å²) in [4.78, 5) is 24.5. The molecule has 0 aliphatic heterocycles. The van der Waals surface area contributed by atoms with E-state index in [1.165, 1.54) is 12.3 Å². The van der Waals surface area contributed by atoms with E-state index in [-0.39, 0.29) is 17.5 Å². The Bertz CT molecular complexity index is 889. The average molecular weight is 374 g/mol. The van der Waals surface area contributed by atoms with Gasteiger partial charge in [0, 0.05) is 30.2 Å². The van der Waals surface area contributed by atoms with Crippen LogP contribution in [0.4, 0.5) is 11.6 Å². The molecule has 2 aromatic heterocycles. The third-order valence-electron chi connectivity index (χ3n) is 3.27. The highest BCUT2D eigenvalue weighted by molar-refractivity contribution is 6.35. The van der Waals surface area contributed by atoms with Crippen LogP contribution in [0.1, 0.15) is 16.1 Å². The number of benzene rings is 1. The predicted molar refractivity (Wildman–Crippen MR) is 97.2 cm³/mol. The third-order valence-corrected chi connectivity index (χ3v) is 3.83. The molecule has 3 aromatic rings. The van der Waals surface area contributed by atoms with Gasteiger partial charge in [0.2, 0.25) is 5.95 Å². The molecule has 3 rings (SSSR count). The Morgan fingerprint density at radius 1 is 1.04 bits per heavy atom. The van der Waals surface area contributed by atoms with E-state index >= 15 is 0 Å². The minimum absolute atomic E-state index is 0.240. The van der Waals surface area contributed by atoms with Crippen molar-refractivity contribution in [2.24, 2.45) is 0 Å². The van der Waals surface area contributed by atoms with E-state index in [2.05, 4.69) is 25.6 Å². The highest BCUT2D eigenvalue weighted by Crippen LogP contribution is 2.27. The number of halogens is 2. The molecule has 8 heteroatoms. The standard InChI is InChI=1S/C17H13Cl2N5O/c18-12-1-2-13(19)15(9-12)24-17-21-8-5-14(23-17)16(25)22-10-11-3-6-20-7-4-11/h1-9H,10H2,(H,22,25)(H,21,23,24). The first-order valence-electron chi connectivity index (χ1n) is 7.34. The van der Waals surface area contributed by atoms with Gasteiger partial charge in [-0.25, -0.2) is 9.97 Å². The molecule has 1 amide bonds. The van der Waals surface area contributed by atoms with Crippen LogP contribution in [0.5, 0.6) is 0 Å². The van der Waals surface area contributed by atoms with Crippen LogP contribution >= 0.6 is 23.2 Å². The molecule has 25 heavy (non-hydrogen) atoms. The number of nitrogens with zero attached hydrogens (tertiary/aromatic N) is 3. The number of hydrogen-bond donors (Lipinski definition) is 2. The molecule has 6 nitrogen and oxygen atoms in total. The van der Waals surface area contributed by atoms with Crippen molar-refractivity contribution in [3.63, 3.8) is 0 Å². The minimum atomic E-state index is -0.306. The van der Waals surface area contributed by atoms with E-state index in [9.17, 15) is 4.79 Å². The normalized spacial score (nSPS) is 10.3. The van der Waals surface area contributed by atoms with Crippen molar-refractivity contribution in [3.05, 3.63) is 76.3 Å². The molecule has 0 atom stereocenters. The highest BCUT2D eigenvalue weighted by Gasteiger charge is 2.10. The summed E-state index contributed by atoms with van der Waals surface area (Å²) in [6.07, 6.45) is 4.83. The molecule has 126 valence electrons. The second kappa shape index (κ2) is 7.92. The molecule has 0 saturated carbocycles. The van der Waals surface area contributed by atoms with Crippen LogP contribution in [0.15, 0.2) is 55.0 Å². The number of aromatic nitrogens is 3. The fourth-order valence-electron chi connectivity index (χ4n) is 2.03. The first-order valence-corrected chi connectivity index (χ1v) is 8.09. The number of pyridine rings is 1. The fraction of sp³-hybridized carbons (Fsp3) is 0.0588. The first kappa shape index (κ1) is 17.1. The number of nitrogens with one attached hydrogen (secondary N) is 2.